The lowest BCUT2D eigenvalue weighted by molar-refractivity contribution is 0.100. The molecule has 25 heavy (non-hydrogen) atoms. The van der Waals surface area contributed by atoms with Crippen molar-refractivity contribution in [1.29, 1.82) is 0 Å². The van der Waals surface area contributed by atoms with E-state index in [9.17, 15) is 4.79 Å². The van der Waals surface area contributed by atoms with Gasteiger partial charge < -0.3 is 15.4 Å². The standard InChI is InChI=1S/C19H26N4O2/c1-14-12-15(2)23(21-14)17-8-10-22(13-17)9-3-11-25-18-6-4-16(5-7-18)19(20)24/h4-7,12,17H,3,8-11,13H2,1-2H3,(H2,20,24)/t17-/m0/s1. The van der Waals surface area contributed by atoms with E-state index in [0.717, 1.165) is 43.9 Å². The third-order valence-corrected chi connectivity index (χ3v) is 4.66. The van der Waals surface area contributed by atoms with Crippen LogP contribution < -0.4 is 10.5 Å². The van der Waals surface area contributed by atoms with E-state index in [1.807, 2.05) is 6.92 Å². The van der Waals surface area contributed by atoms with Gasteiger partial charge in [-0.3, -0.25) is 9.48 Å². The molecule has 1 fully saturated rings. The molecule has 0 saturated carbocycles. The third kappa shape index (κ3) is 4.39. The molecule has 134 valence electrons. The Bertz CT molecular complexity index is 724. The summed E-state index contributed by atoms with van der Waals surface area (Å²) in [4.78, 5) is 13.5. The first kappa shape index (κ1) is 17.5. The first-order chi connectivity index (χ1) is 12.0. The maximum Gasteiger partial charge on any atom is 0.248 e. The van der Waals surface area contributed by atoms with Crippen molar-refractivity contribution >= 4 is 5.91 Å². The number of primary amides is 1. The molecule has 1 aliphatic rings. The molecule has 1 amide bonds. The van der Waals surface area contributed by atoms with Gasteiger partial charge in [0.25, 0.3) is 0 Å². The molecular weight excluding hydrogens is 316 g/mol. The summed E-state index contributed by atoms with van der Waals surface area (Å²) in [5.41, 5.74) is 8.06. The maximum absolute atomic E-state index is 11.0. The van der Waals surface area contributed by atoms with Gasteiger partial charge in [0.05, 0.1) is 18.3 Å². The highest BCUT2D eigenvalue weighted by molar-refractivity contribution is 5.92. The number of benzene rings is 1. The van der Waals surface area contributed by atoms with Gasteiger partial charge >= 0.3 is 0 Å². The SMILES string of the molecule is Cc1cc(C)n([C@H]2CCN(CCCOc3ccc(C(N)=O)cc3)C2)n1. The molecular formula is C19H26N4O2. The van der Waals surface area contributed by atoms with Crippen molar-refractivity contribution in [2.75, 3.05) is 26.2 Å². The Kier molecular flexibility index (Phi) is 5.38. The molecule has 6 nitrogen and oxygen atoms in total. The van der Waals surface area contributed by atoms with Crippen LogP contribution in [-0.4, -0.2) is 46.8 Å². The molecule has 2 N–H and O–H groups in total. The first-order valence-electron chi connectivity index (χ1n) is 8.80. The van der Waals surface area contributed by atoms with E-state index in [1.165, 1.54) is 5.69 Å². The fraction of sp³-hybridized carbons (Fsp3) is 0.474. The maximum atomic E-state index is 11.0. The monoisotopic (exact) mass is 342 g/mol. The van der Waals surface area contributed by atoms with Gasteiger partial charge in [-0.05, 0) is 57.0 Å². The Morgan fingerprint density at radius 3 is 2.72 bits per heavy atom. The highest BCUT2D eigenvalue weighted by Gasteiger charge is 2.25. The summed E-state index contributed by atoms with van der Waals surface area (Å²) in [5, 5.41) is 4.61. The van der Waals surface area contributed by atoms with Crippen molar-refractivity contribution in [1.82, 2.24) is 14.7 Å². The van der Waals surface area contributed by atoms with E-state index in [1.54, 1.807) is 24.3 Å². The second kappa shape index (κ2) is 7.70. The molecule has 1 atom stereocenters. The van der Waals surface area contributed by atoms with Crippen molar-refractivity contribution in [3.05, 3.63) is 47.3 Å². The van der Waals surface area contributed by atoms with Crippen molar-refractivity contribution < 1.29 is 9.53 Å². The molecule has 1 aliphatic heterocycles. The smallest absolute Gasteiger partial charge is 0.248 e. The number of amides is 1. The second-order valence-corrected chi connectivity index (χ2v) is 6.71. The fourth-order valence-electron chi connectivity index (χ4n) is 3.42. The molecule has 0 spiro atoms. The molecule has 1 aromatic carbocycles. The second-order valence-electron chi connectivity index (χ2n) is 6.71. The minimum absolute atomic E-state index is 0.419. The number of hydrogen-bond donors (Lipinski definition) is 1. The molecule has 1 aromatic heterocycles. The molecule has 2 aromatic rings. The topological polar surface area (TPSA) is 73.4 Å². The Labute approximate surface area is 148 Å². The zero-order chi connectivity index (χ0) is 17.8. The van der Waals surface area contributed by atoms with Crippen molar-refractivity contribution in [3.63, 3.8) is 0 Å². The van der Waals surface area contributed by atoms with Crippen LogP contribution in [0.15, 0.2) is 30.3 Å². The number of likely N-dealkylation sites (tertiary alicyclic amines) is 1. The normalized spacial score (nSPS) is 17.8. The molecule has 0 unspecified atom stereocenters. The average molecular weight is 342 g/mol. The van der Waals surface area contributed by atoms with Crippen LogP contribution >= 0.6 is 0 Å². The van der Waals surface area contributed by atoms with E-state index < -0.39 is 5.91 Å². The lowest BCUT2D eigenvalue weighted by Gasteiger charge is -2.17. The van der Waals surface area contributed by atoms with Crippen LogP contribution in [0.1, 0.15) is 40.6 Å². The van der Waals surface area contributed by atoms with Crippen LogP contribution in [0.25, 0.3) is 0 Å². The minimum atomic E-state index is -0.419. The minimum Gasteiger partial charge on any atom is -0.494 e. The Morgan fingerprint density at radius 2 is 2.08 bits per heavy atom. The predicted molar refractivity (Wildman–Crippen MR) is 96.9 cm³/mol. The van der Waals surface area contributed by atoms with Crippen LogP contribution in [0.2, 0.25) is 0 Å². The summed E-state index contributed by atoms with van der Waals surface area (Å²) in [6, 6.07) is 9.58. The molecule has 1 saturated heterocycles. The lowest BCUT2D eigenvalue weighted by atomic mass is 10.2. The first-order valence-corrected chi connectivity index (χ1v) is 8.80. The average Bonchev–Trinajstić information content (AvgIpc) is 3.18. The number of nitrogens with zero attached hydrogens (tertiary/aromatic N) is 3. The van der Waals surface area contributed by atoms with Gasteiger partial charge in [0.15, 0.2) is 0 Å². The molecule has 0 radical (unpaired) electrons. The molecule has 3 rings (SSSR count). The molecule has 6 heteroatoms. The number of hydrogen-bond acceptors (Lipinski definition) is 4. The molecule has 0 aliphatic carbocycles. The summed E-state index contributed by atoms with van der Waals surface area (Å²) >= 11 is 0. The predicted octanol–water partition coefficient (Wildman–Crippen LogP) is 2.31. The van der Waals surface area contributed by atoms with Gasteiger partial charge in [-0.15, -0.1) is 0 Å². The van der Waals surface area contributed by atoms with Gasteiger partial charge in [-0.2, -0.15) is 5.10 Å². The number of rotatable bonds is 7. The Hall–Kier alpha value is -2.34. The van der Waals surface area contributed by atoms with Crippen LogP contribution in [0, 0.1) is 13.8 Å². The highest BCUT2D eigenvalue weighted by atomic mass is 16.5. The number of aromatic nitrogens is 2. The van der Waals surface area contributed by atoms with E-state index in [2.05, 4.69) is 27.7 Å². The van der Waals surface area contributed by atoms with Crippen molar-refractivity contribution in [2.24, 2.45) is 5.73 Å². The zero-order valence-corrected chi connectivity index (χ0v) is 14.9. The van der Waals surface area contributed by atoms with Crippen molar-refractivity contribution in [3.8, 4) is 5.75 Å². The van der Waals surface area contributed by atoms with Crippen molar-refractivity contribution in [2.45, 2.75) is 32.7 Å². The lowest BCUT2D eigenvalue weighted by Crippen LogP contribution is -2.24. The fourth-order valence-corrected chi connectivity index (χ4v) is 3.42. The highest BCUT2D eigenvalue weighted by Crippen LogP contribution is 2.23. The van der Waals surface area contributed by atoms with Gasteiger partial charge in [0.2, 0.25) is 5.91 Å². The van der Waals surface area contributed by atoms with E-state index in [4.69, 9.17) is 10.5 Å². The molecule has 2 heterocycles. The summed E-state index contributed by atoms with van der Waals surface area (Å²) < 4.78 is 7.91. The van der Waals surface area contributed by atoms with E-state index in [-0.39, 0.29) is 0 Å². The van der Waals surface area contributed by atoms with Gasteiger partial charge in [0, 0.05) is 30.9 Å². The van der Waals surface area contributed by atoms with Crippen LogP contribution in [0.5, 0.6) is 5.75 Å². The van der Waals surface area contributed by atoms with Gasteiger partial charge in [-0.25, -0.2) is 0 Å². The van der Waals surface area contributed by atoms with Crippen LogP contribution in [0.4, 0.5) is 0 Å². The number of carbonyl (C=O) groups excluding carboxylic acids is 1. The largest absolute Gasteiger partial charge is 0.494 e. The number of aryl methyl sites for hydroxylation is 2. The van der Waals surface area contributed by atoms with Gasteiger partial charge in [0.1, 0.15) is 5.75 Å². The van der Waals surface area contributed by atoms with E-state index >= 15 is 0 Å². The van der Waals surface area contributed by atoms with Crippen LogP contribution in [0.3, 0.4) is 0 Å². The number of carbonyl (C=O) groups is 1. The quantitative estimate of drug-likeness (QED) is 0.784. The van der Waals surface area contributed by atoms with Gasteiger partial charge in [-0.1, -0.05) is 0 Å². The third-order valence-electron chi connectivity index (χ3n) is 4.66. The summed E-state index contributed by atoms with van der Waals surface area (Å²) in [5.74, 6) is 0.352. The Balaban J connectivity index is 1.40. The number of nitrogens with two attached hydrogens (primary N) is 1. The molecule has 0 bridgehead atoms. The summed E-state index contributed by atoms with van der Waals surface area (Å²) in [7, 11) is 0. The Morgan fingerprint density at radius 1 is 1.32 bits per heavy atom. The summed E-state index contributed by atoms with van der Waals surface area (Å²) in [6.45, 7) is 8.02. The van der Waals surface area contributed by atoms with Crippen LogP contribution in [-0.2, 0) is 0 Å². The van der Waals surface area contributed by atoms with E-state index in [0.29, 0.717) is 18.2 Å². The summed E-state index contributed by atoms with van der Waals surface area (Å²) in [6.07, 6.45) is 2.12. The zero-order valence-electron chi connectivity index (χ0n) is 14.9. The number of ether oxygens (including phenoxy) is 1.